The molecule has 0 saturated heterocycles. The lowest BCUT2D eigenvalue weighted by Gasteiger charge is -2.21. The molecule has 0 radical (unpaired) electrons. The van der Waals surface area contributed by atoms with Crippen LogP contribution in [0.3, 0.4) is 0 Å². The maximum absolute atomic E-state index is 12.8. The van der Waals surface area contributed by atoms with Crippen LogP contribution < -0.4 is 5.56 Å². The SMILES string of the molecule is CCOC(=O)C(=C(C)O)c1c([N+](=O)[O-])c(=O)n2c3c(cccc13)CCC2. The summed E-state index contributed by atoms with van der Waals surface area (Å²) in [5, 5.41) is 22.2. The summed E-state index contributed by atoms with van der Waals surface area (Å²) in [7, 11) is 0. The van der Waals surface area contributed by atoms with Gasteiger partial charge in [0.15, 0.2) is 0 Å². The summed E-state index contributed by atoms with van der Waals surface area (Å²) < 4.78 is 6.34. The van der Waals surface area contributed by atoms with Crippen LogP contribution in [0.25, 0.3) is 16.5 Å². The van der Waals surface area contributed by atoms with E-state index in [0.717, 1.165) is 12.0 Å². The highest BCUT2D eigenvalue weighted by Crippen LogP contribution is 2.36. The van der Waals surface area contributed by atoms with Crippen molar-refractivity contribution in [2.75, 3.05) is 6.61 Å². The van der Waals surface area contributed by atoms with Crippen LogP contribution in [-0.4, -0.2) is 27.2 Å². The first-order valence-electron chi connectivity index (χ1n) is 8.28. The van der Waals surface area contributed by atoms with E-state index in [1.54, 1.807) is 19.1 Å². The van der Waals surface area contributed by atoms with Crippen molar-refractivity contribution in [3.05, 3.63) is 55.6 Å². The van der Waals surface area contributed by atoms with Crippen LogP contribution in [0, 0.1) is 10.1 Å². The summed E-state index contributed by atoms with van der Waals surface area (Å²) in [6, 6.07) is 5.19. The Morgan fingerprint density at radius 2 is 2.15 bits per heavy atom. The van der Waals surface area contributed by atoms with Gasteiger partial charge in [0.25, 0.3) is 0 Å². The van der Waals surface area contributed by atoms with E-state index >= 15 is 0 Å². The van der Waals surface area contributed by atoms with E-state index in [-0.39, 0.29) is 17.7 Å². The lowest BCUT2D eigenvalue weighted by Crippen LogP contribution is -2.28. The van der Waals surface area contributed by atoms with Crippen LogP contribution in [0.4, 0.5) is 5.69 Å². The van der Waals surface area contributed by atoms with Crippen LogP contribution in [-0.2, 0) is 22.5 Å². The van der Waals surface area contributed by atoms with Gasteiger partial charge in [-0.3, -0.25) is 14.9 Å². The van der Waals surface area contributed by atoms with Crippen molar-refractivity contribution in [2.24, 2.45) is 0 Å². The standard InChI is InChI=1S/C18H18N2O6/c1-3-26-18(23)13(10(2)21)14-12-8-4-6-11-7-5-9-19(15(11)12)17(22)16(14)20(24)25/h4,6,8,21H,3,5,7,9H2,1-2H3. The van der Waals surface area contributed by atoms with Gasteiger partial charge in [0, 0.05) is 11.9 Å². The molecule has 26 heavy (non-hydrogen) atoms. The number of para-hydroxylation sites is 1. The van der Waals surface area contributed by atoms with Gasteiger partial charge < -0.3 is 14.4 Å². The Balaban J connectivity index is 2.53. The zero-order valence-electron chi connectivity index (χ0n) is 14.4. The molecule has 8 nitrogen and oxygen atoms in total. The minimum absolute atomic E-state index is 0.0314. The second-order valence-corrected chi connectivity index (χ2v) is 6.04. The fourth-order valence-electron chi connectivity index (χ4n) is 3.47. The number of allylic oxidation sites excluding steroid dienone is 1. The number of aliphatic hydroxyl groups is 1. The molecule has 1 aromatic heterocycles. The molecular formula is C18H18N2O6. The van der Waals surface area contributed by atoms with Gasteiger partial charge >= 0.3 is 17.2 Å². The number of carbonyl (C=O) groups is 1. The summed E-state index contributed by atoms with van der Waals surface area (Å²) >= 11 is 0. The Bertz CT molecular complexity index is 1010. The number of aliphatic hydroxyl groups excluding tert-OH is 1. The molecule has 0 aliphatic carbocycles. The number of nitrogens with zero attached hydrogens (tertiary/aromatic N) is 2. The van der Waals surface area contributed by atoms with Gasteiger partial charge in [-0.05, 0) is 32.3 Å². The lowest BCUT2D eigenvalue weighted by atomic mass is 9.93. The van der Waals surface area contributed by atoms with Gasteiger partial charge in [-0.1, -0.05) is 18.2 Å². The summed E-state index contributed by atoms with van der Waals surface area (Å²) in [5.74, 6) is -1.34. The normalized spacial score (nSPS) is 14.1. The number of aryl methyl sites for hydroxylation is 2. The Hall–Kier alpha value is -3.16. The Labute approximate surface area is 148 Å². The Kier molecular flexibility index (Phi) is 4.50. The zero-order valence-corrected chi connectivity index (χ0v) is 14.4. The third-order valence-electron chi connectivity index (χ3n) is 4.45. The quantitative estimate of drug-likeness (QED) is 0.296. The Morgan fingerprint density at radius 3 is 2.77 bits per heavy atom. The lowest BCUT2D eigenvalue weighted by molar-refractivity contribution is -0.386. The van der Waals surface area contributed by atoms with Gasteiger partial charge in [-0.25, -0.2) is 4.79 Å². The van der Waals surface area contributed by atoms with Gasteiger partial charge in [0.2, 0.25) is 0 Å². The number of rotatable bonds is 4. The van der Waals surface area contributed by atoms with Gasteiger partial charge in [0.1, 0.15) is 11.3 Å². The van der Waals surface area contributed by atoms with Crippen molar-refractivity contribution in [2.45, 2.75) is 33.2 Å². The van der Waals surface area contributed by atoms with Crippen molar-refractivity contribution in [3.63, 3.8) is 0 Å². The van der Waals surface area contributed by atoms with E-state index in [4.69, 9.17) is 4.74 Å². The molecule has 8 heteroatoms. The first-order chi connectivity index (χ1) is 12.4. The highest BCUT2D eigenvalue weighted by Gasteiger charge is 2.34. The van der Waals surface area contributed by atoms with E-state index < -0.39 is 27.9 Å². The molecule has 136 valence electrons. The molecule has 2 aromatic rings. The van der Waals surface area contributed by atoms with Crippen LogP contribution in [0.2, 0.25) is 0 Å². The number of esters is 1. The molecule has 3 rings (SSSR count). The number of hydrogen-bond donors (Lipinski definition) is 1. The second kappa shape index (κ2) is 6.62. The molecule has 0 spiro atoms. The number of benzene rings is 1. The molecule has 0 bridgehead atoms. The highest BCUT2D eigenvalue weighted by atomic mass is 16.6. The number of pyridine rings is 1. The van der Waals surface area contributed by atoms with Gasteiger partial charge in [-0.2, -0.15) is 0 Å². The number of aromatic nitrogens is 1. The summed E-state index contributed by atoms with van der Waals surface area (Å²) in [4.78, 5) is 36.1. The van der Waals surface area contributed by atoms with E-state index in [9.17, 15) is 24.8 Å². The minimum atomic E-state index is -0.906. The largest absolute Gasteiger partial charge is 0.512 e. The van der Waals surface area contributed by atoms with Crippen LogP contribution in [0.1, 0.15) is 31.4 Å². The average molecular weight is 358 g/mol. The van der Waals surface area contributed by atoms with E-state index in [1.165, 1.54) is 11.5 Å². The highest BCUT2D eigenvalue weighted by molar-refractivity contribution is 6.22. The van der Waals surface area contributed by atoms with Crippen LogP contribution in [0.5, 0.6) is 0 Å². The number of carbonyl (C=O) groups excluding carboxylic acids is 1. The van der Waals surface area contributed by atoms with Crippen LogP contribution >= 0.6 is 0 Å². The molecule has 0 atom stereocenters. The van der Waals surface area contributed by atoms with Crippen LogP contribution in [0.15, 0.2) is 28.8 Å². The third-order valence-corrected chi connectivity index (χ3v) is 4.45. The molecule has 1 N–H and O–H groups in total. The first kappa shape index (κ1) is 17.7. The summed E-state index contributed by atoms with van der Waals surface area (Å²) in [5.41, 5.74) is -0.618. The van der Waals surface area contributed by atoms with E-state index in [1.807, 2.05) is 6.07 Å². The van der Waals surface area contributed by atoms with Crippen molar-refractivity contribution < 1.29 is 19.6 Å². The van der Waals surface area contributed by atoms with Crippen molar-refractivity contribution in [1.29, 1.82) is 0 Å². The fourth-order valence-corrected chi connectivity index (χ4v) is 3.47. The molecule has 0 unspecified atom stereocenters. The number of ether oxygens (including phenoxy) is 1. The first-order valence-corrected chi connectivity index (χ1v) is 8.28. The maximum atomic E-state index is 12.8. The van der Waals surface area contributed by atoms with Crippen molar-refractivity contribution in [1.82, 2.24) is 4.57 Å². The minimum Gasteiger partial charge on any atom is -0.512 e. The van der Waals surface area contributed by atoms with Crippen molar-refractivity contribution >= 4 is 28.1 Å². The second-order valence-electron chi connectivity index (χ2n) is 6.04. The summed E-state index contributed by atoms with van der Waals surface area (Å²) in [6.07, 6.45) is 1.42. The smallest absolute Gasteiger partial charge is 0.342 e. The molecule has 0 amide bonds. The van der Waals surface area contributed by atoms with Gasteiger partial charge in [0.05, 0.1) is 22.6 Å². The van der Waals surface area contributed by atoms with E-state index in [2.05, 4.69) is 0 Å². The maximum Gasteiger partial charge on any atom is 0.342 e. The molecule has 0 fully saturated rings. The molecule has 2 heterocycles. The topological polar surface area (TPSA) is 112 Å². The van der Waals surface area contributed by atoms with E-state index in [0.29, 0.717) is 23.9 Å². The Morgan fingerprint density at radius 1 is 1.42 bits per heavy atom. The molecule has 0 saturated carbocycles. The molecule has 1 aromatic carbocycles. The van der Waals surface area contributed by atoms with Crippen molar-refractivity contribution in [3.8, 4) is 0 Å². The summed E-state index contributed by atoms with van der Waals surface area (Å²) in [6.45, 7) is 3.22. The predicted octanol–water partition coefficient (Wildman–Crippen LogP) is 2.71. The van der Waals surface area contributed by atoms with Gasteiger partial charge in [-0.15, -0.1) is 0 Å². The molecular weight excluding hydrogens is 340 g/mol. The number of hydrogen-bond acceptors (Lipinski definition) is 6. The predicted molar refractivity (Wildman–Crippen MR) is 95.0 cm³/mol. The average Bonchev–Trinajstić information content (AvgIpc) is 2.58. The molecule has 1 aliphatic rings. The molecule has 1 aliphatic heterocycles. The number of nitro groups is 1. The monoisotopic (exact) mass is 358 g/mol. The third kappa shape index (κ3) is 2.63. The fraction of sp³-hybridized carbons (Fsp3) is 0.333. The zero-order chi connectivity index (χ0) is 19.0.